The summed E-state index contributed by atoms with van der Waals surface area (Å²) in [6.07, 6.45) is 1.86. The molecule has 1 aromatic heterocycles. The normalized spacial score (nSPS) is 10.5. The van der Waals surface area contributed by atoms with Crippen LogP contribution in [-0.2, 0) is 6.54 Å². The molecule has 4 heteroatoms. The van der Waals surface area contributed by atoms with Gasteiger partial charge in [0.1, 0.15) is 5.82 Å². The fourth-order valence-electron chi connectivity index (χ4n) is 1.41. The number of rotatable bonds is 2. The van der Waals surface area contributed by atoms with Crippen molar-refractivity contribution in [2.24, 2.45) is 0 Å². The Hall–Kier alpha value is -1.84. The number of halogens is 1. The molecule has 0 radical (unpaired) electrons. The van der Waals surface area contributed by atoms with Crippen molar-refractivity contribution < 1.29 is 4.39 Å². The van der Waals surface area contributed by atoms with E-state index in [0.29, 0.717) is 6.54 Å². The van der Waals surface area contributed by atoms with Crippen molar-refractivity contribution >= 4 is 5.69 Å². The second-order valence-electron chi connectivity index (χ2n) is 3.51. The van der Waals surface area contributed by atoms with Crippen molar-refractivity contribution in [3.05, 3.63) is 47.5 Å². The van der Waals surface area contributed by atoms with Crippen molar-refractivity contribution in [1.82, 2.24) is 9.78 Å². The van der Waals surface area contributed by atoms with E-state index in [2.05, 4.69) is 5.10 Å². The molecule has 0 fully saturated rings. The molecular formula is C11H12FN3. The first-order chi connectivity index (χ1) is 7.15. The predicted octanol–water partition coefficient (Wildman–Crippen LogP) is 1.96. The van der Waals surface area contributed by atoms with Gasteiger partial charge in [0.2, 0.25) is 0 Å². The maximum Gasteiger partial charge on any atom is 0.146 e. The minimum atomic E-state index is -0.378. The van der Waals surface area contributed by atoms with Crippen molar-refractivity contribution in [1.29, 1.82) is 0 Å². The Morgan fingerprint density at radius 2 is 2.20 bits per heavy atom. The summed E-state index contributed by atoms with van der Waals surface area (Å²) >= 11 is 0. The smallest absolute Gasteiger partial charge is 0.146 e. The number of nitrogens with zero attached hydrogens (tertiary/aromatic N) is 2. The number of hydrogen-bond acceptors (Lipinski definition) is 2. The average Bonchev–Trinajstić information content (AvgIpc) is 2.58. The highest BCUT2D eigenvalue weighted by Crippen LogP contribution is 2.12. The highest BCUT2D eigenvalue weighted by molar-refractivity contribution is 5.41. The Labute approximate surface area is 87.3 Å². The molecule has 2 rings (SSSR count). The first-order valence-electron chi connectivity index (χ1n) is 4.69. The van der Waals surface area contributed by atoms with Gasteiger partial charge in [0.25, 0.3) is 0 Å². The minimum absolute atomic E-state index is 0.176. The predicted molar refractivity (Wildman–Crippen MR) is 56.9 cm³/mol. The largest absolute Gasteiger partial charge is 0.396 e. The van der Waals surface area contributed by atoms with Crippen molar-refractivity contribution in [3.8, 4) is 0 Å². The zero-order valence-corrected chi connectivity index (χ0v) is 8.44. The second-order valence-corrected chi connectivity index (χ2v) is 3.51. The van der Waals surface area contributed by atoms with Gasteiger partial charge in [-0.15, -0.1) is 0 Å². The summed E-state index contributed by atoms with van der Waals surface area (Å²) in [7, 11) is 0. The van der Waals surface area contributed by atoms with E-state index < -0.39 is 0 Å². The lowest BCUT2D eigenvalue weighted by Gasteiger charge is -2.03. The van der Waals surface area contributed by atoms with E-state index in [9.17, 15) is 4.39 Å². The Morgan fingerprint density at radius 3 is 2.80 bits per heavy atom. The fraction of sp³-hybridized carbons (Fsp3) is 0.182. The van der Waals surface area contributed by atoms with Gasteiger partial charge in [-0.1, -0.05) is 6.07 Å². The number of nitrogens with two attached hydrogens (primary N) is 1. The van der Waals surface area contributed by atoms with Gasteiger partial charge in [0.15, 0.2) is 0 Å². The van der Waals surface area contributed by atoms with Crippen LogP contribution in [0.3, 0.4) is 0 Å². The van der Waals surface area contributed by atoms with Crippen LogP contribution in [0.1, 0.15) is 11.3 Å². The molecule has 1 heterocycles. The first-order valence-corrected chi connectivity index (χ1v) is 4.69. The van der Waals surface area contributed by atoms with E-state index in [4.69, 9.17) is 5.73 Å². The van der Waals surface area contributed by atoms with E-state index in [1.807, 2.05) is 19.2 Å². The van der Waals surface area contributed by atoms with Crippen LogP contribution in [-0.4, -0.2) is 9.78 Å². The average molecular weight is 205 g/mol. The molecule has 0 aliphatic heterocycles. The molecule has 1 aromatic carbocycles. The Morgan fingerprint density at radius 1 is 1.40 bits per heavy atom. The zero-order valence-electron chi connectivity index (χ0n) is 8.44. The molecule has 0 aliphatic carbocycles. The molecule has 0 spiro atoms. The molecule has 0 amide bonds. The van der Waals surface area contributed by atoms with Crippen LogP contribution >= 0.6 is 0 Å². The third kappa shape index (κ3) is 2.15. The maximum absolute atomic E-state index is 13.1. The SMILES string of the molecule is Cc1ccn(Cc2ccc(N)c(F)c2)n1. The zero-order chi connectivity index (χ0) is 10.8. The standard InChI is InChI=1S/C11H12FN3/c1-8-4-5-15(14-8)7-9-2-3-11(13)10(12)6-9/h2-6H,7,13H2,1H3. The van der Waals surface area contributed by atoms with E-state index in [1.165, 1.54) is 6.07 Å². The van der Waals surface area contributed by atoms with Gasteiger partial charge in [-0.25, -0.2) is 4.39 Å². The third-order valence-corrected chi connectivity index (χ3v) is 2.18. The highest BCUT2D eigenvalue weighted by Gasteiger charge is 2.01. The molecular weight excluding hydrogens is 193 g/mol. The monoisotopic (exact) mass is 205 g/mol. The van der Waals surface area contributed by atoms with Gasteiger partial charge in [0.05, 0.1) is 17.9 Å². The van der Waals surface area contributed by atoms with Crippen LogP contribution in [0, 0.1) is 12.7 Å². The van der Waals surface area contributed by atoms with Gasteiger partial charge < -0.3 is 5.73 Å². The molecule has 0 saturated heterocycles. The summed E-state index contributed by atoms with van der Waals surface area (Å²) in [5.41, 5.74) is 7.37. The molecule has 0 unspecified atom stereocenters. The number of benzene rings is 1. The van der Waals surface area contributed by atoms with Gasteiger partial charge in [-0.2, -0.15) is 5.10 Å². The molecule has 0 aliphatic rings. The fourth-order valence-corrected chi connectivity index (χ4v) is 1.41. The summed E-state index contributed by atoms with van der Waals surface area (Å²) in [5.74, 6) is -0.378. The van der Waals surface area contributed by atoms with E-state index >= 15 is 0 Å². The molecule has 2 aromatic rings. The second kappa shape index (κ2) is 3.73. The molecule has 2 N–H and O–H groups in total. The Bertz CT molecular complexity index is 476. The van der Waals surface area contributed by atoms with Crippen LogP contribution in [0.2, 0.25) is 0 Å². The van der Waals surface area contributed by atoms with Crippen LogP contribution in [0.5, 0.6) is 0 Å². The van der Waals surface area contributed by atoms with Gasteiger partial charge in [0, 0.05) is 6.20 Å². The molecule has 15 heavy (non-hydrogen) atoms. The van der Waals surface area contributed by atoms with E-state index in [0.717, 1.165) is 11.3 Å². The molecule has 3 nitrogen and oxygen atoms in total. The third-order valence-electron chi connectivity index (χ3n) is 2.18. The lowest BCUT2D eigenvalue weighted by molar-refractivity contribution is 0.623. The van der Waals surface area contributed by atoms with Crippen LogP contribution in [0.25, 0.3) is 0 Å². The minimum Gasteiger partial charge on any atom is -0.396 e. The number of aromatic nitrogens is 2. The Kier molecular flexibility index (Phi) is 2.41. The summed E-state index contributed by atoms with van der Waals surface area (Å²) in [4.78, 5) is 0. The summed E-state index contributed by atoms with van der Waals surface area (Å²) < 4.78 is 14.9. The summed E-state index contributed by atoms with van der Waals surface area (Å²) in [6.45, 7) is 2.48. The lowest BCUT2D eigenvalue weighted by Crippen LogP contribution is -2.01. The van der Waals surface area contributed by atoms with Crippen LogP contribution in [0.15, 0.2) is 30.5 Å². The van der Waals surface area contributed by atoms with Crippen molar-refractivity contribution in [3.63, 3.8) is 0 Å². The number of hydrogen-bond donors (Lipinski definition) is 1. The molecule has 0 bridgehead atoms. The van der Waals surface area contributed by atoms with Crippen molar-refractivity contribution in [2.75, 3.05) is 5.73 Å². The Balaban J connectivity index is 2.21. The topological polar surface area (TPSA) is 43.8 Å². The van der Waals surface area contributed by atoms with Gasteiger partial charge in [-0.05, 0) is 30.7 Å². The summed E-state index contributed by atoms with van der Waals surface area (Å²) in [5, 5.41) is 4.22. The number of anilines is 1. The maximum atomic E-state index is 13.1. The van der Waals surface area contributed by atoms with Crippen molar-refractivity contribution in [2.45, 2.75) is 13.5 Å². The highest BCUT2D eigenvalue weighted by atomic mass is 19.1. The van der Waals surface area contributed by atoms with Gasteiger partial charge >= 0.3 is 0 Å². The van der Waals surface area contributed by atoms with Crippen LogP contribution in [0.4, 0.5) is 10.1 Å². The van der Waals surface area contributed by atoms with E-state index in [1.54, 1.807) is 16.8 Å². The van der Waals surface area contributed by atoms with Gasteiger partial charge in [-0.3, -0.25) is 4.68 Å². The first kappa shape index (κ1) is 9.71. The quantitative estimate of drug-likeness (QED) is 0.761. The van der Waals surface area contributed by atoms with Crippen LogP contribution < -0.4 is 5.73 Å². The number of nitrogen functional groups attached to an aromatic ring is 1. The molecule has 78 valence electrons. The lowest BCUT2D eigenvalue weighted by atomic mass is 10.2. The number of aryl methyl sites for hydroxylation is 1. The van der Waals surface area contributed by atoms with E-state index in [-0.39, 0.29) is 11.5 Å². The summed E-state index contributed by atoms with van der Waals surface area (Å²) in [6, 6.07) is 6.72. The molecule has 0 atom stereocenters. The molecule has 0 saturated carbocycles.